The molecular formula is C22H22ClNO5S. The molecule has 1 amide bonds. The lowest BCUT2D eigenvalue weighted by molar-refractivity contribution is -0.125. The van der Waals surface area contributed by atoms with E-state index in [0.717, 1.165) is 0 Å². The monoisotopic (exact) mass is 447 g/mol. The number of Topliss-reactive ketones (excluding diaryl/α,β-unsaturated/α-hetero) is 1. The molecule has 0 spiro atoms. The van der Waals surface area contributed by atoms with Crippen LogP contribution in [0.1, 0.15) is 44.7 Å². The fraction of sp³-hybridized carbons (Fsp3) is 0.273. The predicted molar refractivity (Wildman–Crippen MR) is 115 cm³/mol. The highest BCUT2D eigenvalue weighted by Crippen LogP contribution is 2.42. The fourth-order valence-electron chi connectivity index (χ4n) is 3.17. The highest BCUT2D eigenvalue weighted by molar-refractivity contribution is 7.90. The summed E-state index contributed by atoms with van der Waals surface area (Å²) in [7, 11) is -4.11. The van der Waals surface area contributed by atoms with Crippen molar-refractivity contribution < 1.29 is 22.7 Å². The summed E-state index contributed by atoms with van der Waals surface area (Å²) in [6, 6.07) is 13.3. The molecule has 2 aromatic carbocycles. The molecule has 0 saturated heterocycles. The van der Waals surface area contributed by atoms with Gasteiger partial charge in [-0.2, -0.15) is 0 Å². The van der Waals surface area contributed by atoms with E-state index < -0.39 is 21.5 Å². The van der Waals surface area contributed by atoms with E-state index in [9.17, 15) is 18.0 Å². The van der Waals surface area contributed by atoms with Crippen LogP contribution in [0.2, 0.25) is 5.02 Å². The molecule has 1 aliphatic heterocycles. The molecule has 6 nitrogen and oxygen atoms in total. The van der Waals surface area contributed by atoms with E-state index in [4.69, 9.17) is 16.3 Å². The van der Waals surface area contributed by atoms with Crippen LogP contribution in [0, 0.1) is 0 Å². The summed E-state index contributed by atoms with van der Waals surface area (Å²) in [4.78, 5) is 24.5. The zero-order chi connectivity index (χ0) is 22.1. The van der Waals surface area contributed by atoms with Crippen molar-refractivity contribution in [2.45, 2.75) is 44.1 Å². The molecule has 0 aliphatic carbocycles. The van der Waals surface area contributed by atoms with Crippen LogP contribution in [-0.2, 0) is 24.3 Å². The molecule has 3 rings (SSSR count). The van der Waals surface area contributed by atoms with Crippen molar-refractivity contribution in [3.63, 3.8) is 0 Å². The summed E-state index contributed by atoms with van der Waals surface area (Å²) >= 11 is 6.26. The number of carbonyl (C=O) groups excluding carboxylic acids is 2. The second-order valence-electron chi connectivity index (χ2n) is 7.44. The Morgan fingerprint density at radius 3 is 2.37 bits per heavy atom. The number of halogens is 1. The van der Waals surface area contributed by atoms with Crippen molar-refractivity contribution in [2.75, 3.05) is 0 Å². The molecule has 8 heteroatoms. The van der Waals surface area contributed by atoms with Crippen molar-refractivity contribution in [2.24, 2.45) is 0 Å². The smallest absolute Gasteiger partial charge is 0.265 e. The number of hydrogen-bond donors (Lipinski definition) is 1. The third-order valence-electron chi connectivity index (χ3n) is 4.63. The van der Waals surface area contributed by atoms with E-state index in [1.54, 1.807) is 20.8 Å². The number of ketones is 1. The predicted octanol–water partition coefficient (Wildman–Crippen LogP) is 4.19. The summed E-state index contributed by atoms with van der Waals surface area (Å²) in [6.07, 6.45) is 0.610. The van der Waals surface area contributed by atoms with Crippen LogP contribution < -0.4 is 4.72 Å². The van der Waals surface area contributed by atoms with Crippen LogP contribution in [-0.4, -0.2) is 25.7 Å². The largest absolute Gasteiger partial charge is 0.478 e. The molecule has 0 saturated carbocycles. The van der Waals surface area contributed by atoms with Gasteiger partial charge in [-0.05, 0) is 44.0 Å². The Hall–Kier alpha value is -2.64. The number of rotatable bonds is 6. The first kappa shape index (κ1) is 22.1. The quantitative estimate of drug-likeness (QED) is 0.717. The lowest BCUT2D eigenvalue weighted by atomic mass is 9.93. The Labute approximate surface area is 180 Å². The van der Waals surface area contributed by atoms with Gasteiger partial charge < -0.3 is 4.74 Å². The topological polar surface area (TPSA) is 89.5 Å². The van der Waals surface area contributed by atoms with Gasteiger partial charge in [0.25, 0.3) is 10.0 Å². The Morgan fingerprint density at radius 1 is 1.10 bits per heavy atom. The number of sulfonamides is 1. The maximum atomic E-state index is 12.9. The summed E-state index contributed by atoms with van der Waals surface area (Å²) in [5.74, 6) is -0.446. The lowest BCUT2D eigenvalue weighted by Crippen LogP contribution is -2.30. The van der Waals surface area contributed by atoms with Gasteiger partial charge in [-0.1, -0.05) is 48.9 Å². The summed E-state index contributed by atoms with van der Waals surface area (Å²) in [5, 5.41) is -0.0787. The van der Waals surface area contributed by atoms with Crippen LogP contribution in [0.5, 0.6) is 0 Å². The van der Waals surface area contributed by atoms with Crippen molar-refractivity contribution in [3.05, 3.63) is 64.7 Å². The first-order valence-corrected chi connectivity index (χ1v) is 11.3. The van der Waals surface area contributed by atoms with Crippen LogP contribution in [0.4, 0.5) is 0 Å². The van der Waals surface area contributed by atoms with E-state index in [0.29, 0.717) is 28.9 Å². The van der Waals surface area contributed by atoms with E-state index in [1.165, 1.54) is 18.2 Å². The first-order chi connectivity index (χ1) is 14.1. The second kappa shape index (κ2) is 8.24. The molecule has 158 valence electrons. The molecule has 2 aromatic rings. The minimum Gasteiger partial charge on any atom is -0.478 e. The van der Waals surface area contributed by atoms with Gasteiger partial charge in [-0.3, -0.25) is 9.59 Å². The molecular weight excluding hydrogens is 426 g/mol. The average molecular weight is 448 g/mol. The first-order valence-electron chi connectivity index (χ1n) is 9.46. The highest BCUT2D eigenvalue weighted by Gasteiger charge is 2.42. The van der Waals surface area contributed by atoms with E-state index in [2.05, 4.69) is 0 Å². The van der Waals surface area contributed by atoms with Gasteiger partial charge in [-0.15, -0.1) is 0 Å². The minimum absolute atomic E-state index is 0.0787. The third kappa shape index (κ3) is 4.27. The summed E-state index contributed by atoms with van der Waals surface area (Å²) < 4.78 is 32.9. The van der Waals surface area contributed by atoms with Gasteiger partial charge in [0.1, 0.15) is 10.7 Å². The summed E-state index contributed by atoms with van der Waals surface area (Å²) in [5.41, 5.74) is 0.508. The lowest BCUT2D eigenvalue weighted by Gasteiger charge is -2.18. The zero-order valence-corrected chi connectivity index (χ0v) is 18.4. The van der Waals surface area contributed by atoms with Gasteiger partial charge in [-0.25, -0.2) is 13.1 Å². The van der Waals surface area contributed by atoms with Crippen LogP contribution >= 0.6 is 11.6 Å². The number of benzene rings is 2. The van der Waals surface area contributed by atoms with Crippen LogP contribution in [0.25, 0.3) is 11.3 Å². The third-order valence-corrected chi connectivity index (χ3v) is 6.49. The molecule has 1 heterocycles. The molecule has 0 unspecified atom stereocenters. The molecule has 1 aliphatic rings. The molecule has 0 bridgehead atoms. The SMILES string of the molecule is CCCC(=O)NS(=O)(=O)c1ccc(C2=C(c3ccccc3)C(=O)C(C)(C)O2)cc1Cl. The summed E-state index contributed by atoms with van der Waals surface area (Å²) in [6.45, 7) is 5.13. The maximum Gasteiger partial charge on any atom is 0.265 e. The second-order valence-corrected chi connectivity index (χ2v) is 9.49. The Bertz CT molecular complexity index is 1140. The molecule has 0 radical (unpaired) electrons. The van der Waals surface area contributed by atoms with E-state index >= 15 is 0 Å². The van der Waals surface area contributed by atoms with Crippen molar-refractivity contribution in [1.82, 2.24) is 4.72 Å². The highest BCUT2D eigenvalue weighted by atomic mass is 35.5. The van der Waals surface area contributed by atoms with Gasteiger partial charge in [0, 0.05) is 12.0 Å². The Kier molecular flexibility index (Phi) is 6.06. The van der Waals surface area contributed by atoms with E-state index in [-0.39, 0.29) is 22.1 Å². The number of amides is 1. The number of ether oxygens (including phenoxy) is 1. The standard InChI is InChI=1S/C22H22ClNO5S/c1-4-8-18(25)24-30(27,28)17-12-11-15(13-16(17)23)20-19(14-9-6-5-7-10-14)21(26)22(2,3)29-20/h5-7,9-13H,4,8H2,1-3H3,(H,24,25). The van der Waals surface area contributed by atoms with E-state index in [1.807, 2.05) is 35.1 Å². The van der Waals surface area contributed by atoms with Gasteiger partial charge in [0.15, 0.2) is 5.60 Å². The maximum absolute atomic E-state index is 12.9. The average Bonchev–Trinajstić information content (AvgIpc) is 2.91. The Morgan fingerprint density at radius 2 is 1.77 bits per heavy atom. The molecule has 1 N–H and O–H groups in total. The minimum atomic E-state index is -4.11. The van der Waals surface area contributed by atoms with Crippen LogP contribution in [0.3, 0.4) is 0 Å². The molecule has 0 fully saturated rings. The molecule has 0 aromatic heterocycles. The van der Waals surface area contributed by atoms with Crippen molar-refractivity contribution in [1.29, 1.82) is 0 Å². The van der Waals surface area contributed by atoms with Crippen LogP contribution in [0.15, 0.2) is 53.4 Å². The van der Waals surface area contributed by atoms with Gasteiger partial charge in [0.05, 0.1) is 10.6 Å². The number of hydrogen-bond acceptors (Lipinski definition) is 5. The van der Waals surface area contributed by atoms with Gasteiger partial charge >= 0.3 is 0 Å². The normalized spacial score (nSPS) is 15.8. The number of carbonyl (C=O) groups is 2. The van der Waals surface area contributed by atoms with Crippen molar-refractivity contribution >= 4 is 44.6 Å². The molecule has 30 heavy (non-hydrogen) atoms. The Balaban J connectivity index is 2.06. The number of nitrogens with one attached hydrogen (secondary N) is 1. The van der Waals surface area contributed by atoms with Gasteiger partial charge in [0.2, 0.25) is 11.7 Å². The zero-order valence-electron chi connectivity index (χ0n) is 16.9. The fourth-order valence-corrected chi connectivity index (χ4v) is 4.73. The van der Waals surface area contributed by atoms with Crippen molar-refractivity contribution in [3.8, 4) is 0 Å². The molecule has 0 atom stereocenters.